The van der Waals surface area contributed by atoms with Crippen molar-refractivity contribution in [2.45, 2.75) is 26.7 Å². The Bertz CT molecular complexity index is 548. The van der Waals surface area contributed by atoms with Crippen LogP contribution in [0.1, 0.15) is 23.4 Å². The molecule has 0 unspecified atom stereocenters. The highest BCUT2D eigenvalue weighted by molar-refractivity contribution is 5.85. The molecule has 8 nitrogen and oxygen atoms in total. The van der Waals surface area contributed by atoms with Gasteiger partial charge < -0.3 is 15.1 Å². The number of rotatable bonds is 7. The number of amides is 1. The summed E-state index contributed by atoms with van der Waals surface area (Å²) in [5.41, 5.74) is 2.67. The molecule has 0 saturated carbocycles. The molecule has 1 rings (SSSR count). The van der Waals surface area contributed by atoms with Crippen molar-refractivity contribution in [3.63, 3.8) is 0 Å². The van der Waals surface area contributed by atoms with Crippen LogP contribution in [0.5, 0.6) is 0 Å². The Balaban J connectivity index is 2.73. The van der Waals surface area contributed by atoms with Gasteiger partial charge in [-0.2, -0.15) is 5.10 Å². The largest absolute Gasteiger partial charge is 0.480 e. The summed E-state index contributed by atoms with van der Waals surface area (Å²) in [7, 11) is 1.80. The van der Waals surface area contributed by atoms with Crippen molar-refractivity contribution in [2.75, 3.05) is 13.1 Å². The smallest absolute Gasteiger partial charge is 0.323 e. The van der Waals surface area contributed by atoms with Crippen molar-refractivity contribution < 1.29 is 24.6 Å². The highest BCUT2D eigenvalue weighted by atomic mass is 16.4. The lowest BCUT2D eigenvalue weighted by atomic mass is 10.1. The van der Waals surface area contributed by atoms with Crippen LogP contribution in [0.25, 0.3) is 0 Å². The zero-order valence-electron chi connectivity index (χ0n) is 12.3. The topological polar surface area (TPSA) is 113 Å². The number of nitrogens with zero attached hydrogens (tertiary/aromatic N) is 3. The number of carbonyl (C=O) groups is 3. The molecule has 1 amide bonds. The number of hydrogen-bond donors (Lipinski definition) is 2. The summed E-state index contributed by atoms with van der Waals surface area (Å²) in [6.07, 6.45) is 0.452. The Labute approximate surface area is 122 Å². The molecular formula is C13H19N3O5. The molecule has 8 heteroatoms. The average molecular weight is 297 g/mol. The van der Waals surface area contributed by atoms with E-state index < -0.39 is 30.9 Å². The fourth-order valence-electron chi connectivity index (χ4n) is 2.13. The normalized spacial score (nSPS) is 10.4. The van der Waals surface area contributed by atoms with Crippen molar-refractivity contribution in [3.05, 3.63) is 17.0 Å². The second-order valence-electron chi connectivity index (χ2n) is 4.81. The Kier molecular flexibility index (Phi) is 5.45. The number of aliphatic carboxylic acids is 2. The van der Waals surface area contributed by atoms with E-state index in [2.05, 4.69) is 5.10 Å². The number of carbonyl (C=O) groups excluding carboxylic acids is 1. The number of hydrogen-bond acceptors (Lipinski definition) is 4. The first-order chi connectivity index (χ1) is 9.72. The molecule has 0 bridgehead atoms. The third-order valence-corrected chi connectivity index (χ3v) is 3.25. The van der Waals surface area contributed by atoms with Gasteiger partial charge in [0.05, 0.1) is 5.69 Å². The Morgan fingerprint density at radius 2 is 1.67 bits per heavy atom. The molecule has 0 spiro atoms. The first-order valence-corrected chi connectivity index (χ1v) is 6.42. The zero-order chi connectivity index (χ0) is 16.2. The van der Waals surface area contributed by atoms with Gasteiger partial charge in [-0.25, -0.2) is 0 Å². The van der Waals surface area contributed by atoms with E-state index in [0.29, 0.717) is 6.42 Å². The summed E-state index contributed by atoms with van der Waals surface area (Å²) in [6, 6.07) is 0. The molecule has 116 valence electrons. The molecule has 0 aromatic carbocycles. The fourth-order valence-corrected chi connectivity index (χ4v) is 2.13. The third-order valence-electron chi connectivity index (χ3n) is 3.25. The molecule has 1 aromatic heterocycles. The molecule has 1 aromatic rings. The van der Waals surface area contributed by atoms with Gasteiger partial charge >= 0.3 is 11.9 Å². The lowest BCUT2D eigenvalue weighted by Gasteiger charge is -2.18. The highest BCUT2D eigenvalue weighted by Crippen LogP contribution is 2.14. The van der Waals surface area contributed by atoms with Crippen LogP contribution in [0, 0.1) is 13.8 Å². The van der Waals surface area contributed by atoms with Crippen LogP contribution in [0.3, 0.4) is 0 Å². The minimum atomic E-state index is -1.24. The van der Waals surface area contributed by atoms with E-state index >= 15 is 0 Å². The molecule has 21 heavy (non-hydrogen) atoms. The molecule has 0 aliphatic rings. The monoisotopic (exact) mass is 297 g/mol. The lowest BCUT2D eigenvalue weighted by molar-refractivity contribution is -0.149. The van der Waals surface area contributed by atoms with Crippen molar-refractivity contribution >= 4 is 17.8 Å². The van der Waals surface area contributed by atoms with Crippen LogP contribution in [0.2, 0.25) is 0 Å². The van der Waals surface area contributed by atoms with Gasteiger partial charge in [-0.3, -0.25) is 19.1 Å². The molecule has 0 fully saturated rings. The van der Waals surface area contributed by atoms with Crippen LogP contribution in [-0.2, 0) is 27.9 Å². The number of carboxylic acids is 2. The fraction of sp³-hybridized carbons (Fsp3) is 0.538. The van der Waals surface area contributed by atoms with Gasteiger partial charge in [-0.15, -0.1) is 0 Å². The molecule has 2 N–H and O–H groups in total. The first-order valence-electron chi connectivity index (χ1n) is 6.42. The van der Waals surface area contributed by atoms with Crippen LogP contribution < -0.4 is 0 Å². The van der Waals surface area contributed by atoms with Gasteiger partial charge in [-0.05, 0) is 25.8 Å². The number of carboxylic acid groups (broad SMARTS) is 2. The maximum atomic E-state index is 12.0. The van der Waals surface area contributed by atoms with Crippen molar-refractivity contribution in [2.24, 2.45) is 7.05 Å². The molecule has 0 aliphatic carbocycles. The van der Waals surface area contributed by atoms with Crippen LogP contribution in [-0.4, -0.2) is 55.8 Å². The van der Waals surface area contributed by atoms with E-state index in [1.807, 2.05) is 13.8 Å². The van der Waals surface area contributed by atoms with Gasteiger partial charge in [0, 0.05) is 19.2 Å². The number of aromatic nitrogens is 2. The van der Waals surface area contributed by atoms with E-state index in [9.17, 15) is 14.4 Å². The van der Waals surface area contributed by atoms with Crippen LogP contribution >= 0.6 is 0 Å². The average Bonchev–Trinajstić information content (AvgIpc) is 2.59. The van der Waals surface area contributed by atoms with Gasteiger partial charge in [0.25, 0.3) is 0 Å². The molecule has 0 radical (unpaired) electrons. The molecule has 1 heterocycles. The van der Waals surface area contributed by atoms with E-state index in [-0.39, 0.29) is 6.42 Å². The minimum absolute atomic E-state index is 0.0495. The predicted molar refractivity (Wildman–Crippen MR) is 72.9 cm³/mol. The Hall–Kier alpha value is -2.38. The van der Waals surface area contributed by atoms with Crippen LogP contribution in [0.15, 0.2) is 0 Å². The second kappa shape index (κ2) is 6.87. The van der Waals surface area contributed by atoms with E-state index in [0.717, 1.165) is 21.9 Å². The Morgan fingerprint density at radius 1 is 1.14 bits per heavy atom. The minimum Gasteiger partial charge on any atom is -0.480 e. The zero-order valence-corrected chi connectivity index (χ0v) is 12.3. The van der Waals surface area contributed by atoms with Gasteiger partial charge in [0.15, 0.2) is 0 Å². The maximum Gasteiger partial charge on any atom is 0.323 e. The van der Waals surface area contributed by atoms with E-state index in [1.165, 1.54) is 0 Å². The SMILES string of the molecule is Cc1nn(C)c(C)c1CCC(=O)N(CC(=O)O)CC(=O)O. The van der Waals surface area contributed by atoms with Gasteiger partial charge in [0.2, 0.25) is 5.91 Å². The summed E-state index contributed by atoms with van der Waals surface area (Å²) in [5.74, 6) is -2.97. The summed E-state index contributed by atoms with van der Waals surface area (Å²) in [4.78, 5) is 34.2. The number of aryl methyl sites for hydroxylation is 2. The summed E-state index contributed by atoms with van der Waals surface area (Å²) < 4.78 is 1.71. The standard InChI is InChI=1S/C13H19N3O5/c1-8-10(9(2)15(3)14-8)4-5-11(17)16(6-12(18)19)7-13(20)21/h4-7H2,1-3H3,(H,18,19)(H,20,21). The molecular weight excluding hydrogens is 278 g/mol. The first kappa shape index (κ1) is 16.7. The summed E-state index contributed by atoms with van der Waals surface area (Å²) >= 11 is 0. The summed E-state index contributed by atoms with van der Waals surface area (Å²) in [6.45, 7) is 2.48. The molecule has 0 saturated heterocycles. The lowest BCUT2D eigenvalue weighted by Crippen LogP contribution is -2.39. The third kappa shape index (κ3) is 4.59. The van der Waals surface area contributed by atoms with Crippen molar-refractivity contribution in [1.82, 2.24) is 14.7 Å². The van der Waals surface area contributed by atoms with Gasteiger partial charge in [-0.1, -0.05) is 0 Å². The van der Waals surface area contributed by atoms with E-state index in [1.54, 1.807) is 11.7 Å². The highest BCUT2D eigenvalue weighted by Gasteiger charge is 2.20. The van der Waals surface area contributed by atoms with Crippen molar-refractivity contribution in [1.29, 1.82) is 0 Å². The quantitative estimate of drug-likeness (QED) is 0.730. The predicted octanol–water partition coefficient (Wildman–Crippen LogP) is -0.0327. The Morgan fingerprint density at radius 3 is 2.05 bits per heavy atom. The van der Waals surface area contributed by atoms with Crippen LogP contribution in [0.4, 0.5) is 0 Å². The molecule has 0 aliphatic heterocycles. The van der Waals surface area contributed by atoms with Gasteiger partial charge in [0.1, 0.15) is 13.1 Å². The maximum absolute atomic E-state index is 12.0. The summed E-state index contributed by atoms with van der Waals surface area (Å²) in [5, 5.41) is 21.7. The van der Waals surface area contributed by atoms with Crippen molar-refractivity contribution in [3.8, 4) is 0 Å². The van der Waals surface area contributed by atoms with E-state index in [4.69, 9.17) is 10.2 Å². The second-order valence-corrected chi connectivity index (χ2v) is 4.81. The molecule has 0 atom stereocenters.